The molecule has 4 aromatic heterocycles. The van der Waals surface area contributed by atoms with Gasteiger partial charge in [0.2, 0.25) is 0 Å². The number of aromatic amines is 2. The number of likely N-dealkylation sites (tertiary alicyclic amines) is 1. The minimum Gasteiger partial charge on any atom is -0.376 e. The first-order valence-electron chi connectivity index (χ1n) is 13.4. The molecule has 1 saturated heterocycles. The number of benzene rings is 1. The normalized spacial score (nSPS) is 16.7. The van der Waals surface area contributed by atoms with Gasteiger partial charge in [-0.05, 0) is 66.9 Å². The van der Waals surface area contributed by atoms with Gasteiger partial charge < -0.3 is 9.88 Å². The molecule has 2 aliphatic heterocycles. The number of fused-ring (bicyclic) bond motifs is 2. The van der Waals surface area contributed by atoms with Crippen LogP contribution in [0.15, 0.2) is 78.9 Å². The van der Waals surface area contributed by atoms with Gasteiger partial charge in [0.15, 0.2) is 5.65 Å². The summed E-state index contributed by atoms with van der Waals surface area (Å²) in [7, 11) is 2.16. The molecular formula is C31H31N7. The van der Waals surface area contributed by atoms with Gasteiger partial charge in [0.25, 0.3) is 0 Å². The highest BCUT2D eigenvalue weighted by atomic mass is 15.2. The first-order valence-corrected chi connectivity index (χ1v) is 13.4. The number of hydrogen-bond acceptors (Lipinski definition) is 5. The fraction of sp³-hybridized carbons (Fsp3) is 0.258. The van der Waals surface area contributed by atoms with Gasteiger partial charge >= 0.3 is 0 Å². The first-order chi connectivity index (χ1) is 18.7. The van der Waals surface area contributed by atoms with Crippen molar-refractivity contribution in [1.29, 1.82) is 0 Å². The second kappa shape index (κ2) is 9.58. The van der Waals surface area contributed by atoms with Crippen molar-refractivity contribution in [2.24, 2.45) is 0 Å². The van der Waals surface area contributed by atoms with Gasteiger partial charge in [-0.25, -0.2) is 4.98 Å². The van der Waals surface area contributed by atoms with Gasteiger partial charge in [-0.15, -0.1) is 0 Å². The highest BCUT2D eigenvalue weighted by Crippen LogP contribution is 2.34. The maximum absolute atomic E-state index is 4.72. The van der Waals surface area contributed by atoms with Gasteiger partial charge in [-0.1, -0.05) is 30.7 Å². The van der Waals surface area contributed by atoms with E-state index in [1.54, 1.807) is 6.20 Å². The zero-order valence-electron chi connectivity index (χ0n) is 21.6. The topological polar surface area (TPSA) is 76.7 Å². The summed E-state index contributed by atoms with van der Waals surface area (Å²) in [6.45, 7) is 4.43. The molecule has 2 N–H and O–H groups in total. The van der Waals surface area contributed by atoms with Crippen LogP contribution in [0, 0.1) is 0 Å². The Morgan fingerprint density at radius 1 is 0.947 bits per heavy atom. The Labute approximate surface area is 221 Å². The summed E-state index contributed by atoms with van der Waals surface area (Å²) in [6, 6.07) is 14.8. The number of likely N-dealkylation sites (N-methyl/N-ethyl adjacent to an activating group) is 1. The highest BCUT2D eigenvalue weighted by Gasteiger charge is 2.18. The van der Waals surface area contributed by atoms with E-state index in [-0.39, 0.29) is 0 Å². The molecule has 0 spiro atoms. The molecule has 5 aromatic rings. The largest absolute Gasteiger partial charge is 0.376 e. The molecule has 7 heteroatoms. The van der Waals surface area contributed by atoms with Crippen molar-refractivity contribution in [1.82, 2.24) is 34.9 Å². The predicted molar refractivity (Wildman–Crippen MR) is 153 cm³/mol. The number of pyridine rings is 2. The number of aromatic nitrogens is 5. The molecule has 0 saturated carbocycles. The number of nitrogens with one attached hydrogen (secondary N) is 2. The number of rotatable bonds is 5. The lowest BCUT2D eigenvalue weighted by atomic mass is 10.00. The molecular weight excluding hydrogens is 470 g/mol. The molecule has 2 aliphatic rings. The van der Waals surface area contributed by atoms with Gasteiger partial charge in [-0.2, -0.15) is 5.10 Å². The van der Waals surface area contributed by atoms with E-state index in [9.17, 15) is 0 Å². The molecule has 1 aromatic carbocycles. The monoisotopic (exact) mass is 501 g/mol. The fourth-order valence-electron chi connectivity index (χ4n) is 5.89. The van der Waals surface area contributed by atoms with Crippen molar-refractivity contribution < 1.29 is 0 Å². The summed E-state index contributed by atoms with van der Waals surface area (Å²) >= 11 is 0. The summed E-state index contributed by atoms with van der Waals surface area (Å²) in [5.41, 5.74) is 9.76. The van der Waals surface area contributed by atoms with Crippen LogP contribution < -0.4 is 0 Å². The van der Waals surface area contributed by atoms with Crippen molar-refractivity contribution in [3.05, 3.63) is 84.5 Å². The molecule has 0 aliphatic carbocycles. The molecule has 7 nitrogen and oxygen atoms in total. The Morgan fingerprint density at radius 2 is 1.87 bits per heavy atom. The molecule has 38 heavy (non-hydrogen) atoms. The third-order valence-electron chi connectivity index (χ3n) is 7.70. The number of piperidine rings is 1. The van der Waals surface area contributed by atoms with Gasteiger partial charge in [0.05, 0.1) is 11.4 Å². The van der Waals surface area contributed by atoms with Crippen LogP contribution in [0.2, 0.25) is 0 Å². The maximum Gasteiger partial charge on any atom is 0.181 e. The van der Waals surface area contributed by atoms with Crippen molar-refractivity contribution in [2.75, 3.05) is 33.2 Å². The fourth-order valence-corrected chi connectivity index (χ4v) is 5.89. The van der Waals surface area contributed by atoms with Crippen LogP contribution in [0.4, 0.5) is 0 Å². The summed E-state index contributed by atoms with van der Waals surface area (Å²) in [4.78, 5) is 17.5. The standard InChI is InChI=1S/C31H31N7/c1-37-18-21(19-38-11-3-2-4-12-38)13-24(20-37)23-14-27-30(35-36-31(27)33-17-23)29-15-26-25(8-5-9-28(26)34-29)22-7-6-10-32-16-22/h5-10,13-17,20,34H,2-4,11-12,18-19H2,1H3,(H,33,35,36). The SMILES string of the molecule is CN1C=C(c2cnc3n[nH]c(-c4cc5c(-c6cccnc6)cccc5[nH]4)c3c2)C=C(CN2CCCCC2)C1. The average molecular weight is 502 g/mol. The summed E-state index contributed by atoms with van der Waals surface area (Å²) in [5, 5.41) is 9.93. The minimum absolute atomic E-state index is 0.720. The third-order valence-corrected chi connectivity index (χ3v) is 7.70. The maximum atomic E-state index is 4.72. The molecule has 0 bridgehead atoms. The van der Waals surface area contributed by atoms with E-state index in [4.69, 9.17) is 4.98 Å². The van der Waals surface area contributed by atoms with Crippen molar-refractivity contribution in [3.8, 4) is 22.5 Å². The quantitative estimate of drug-likeness (QED) is 0.315. The van der Waals surface area contributed by atoms with E-state index in [1.165, 1.54) is 43.5 Å². The predicted octanol–water partition coefficient (Wildman–Crippen LogP) is 5.87. The van der Waals surface area contributed by atoms with Crippen LogP contribution in [0.1, 0.15) is 24.8 Å². The van der Waals surface area contributed by atoms with Crippen LogP contribution in [0.5, 0.6) is 0 Å². The van der Waals surface area contributed by atoms with Crippen LogP contribution in [-0.2, 0) is 0 Å². The van der Waals surface area contributed by atoms with E-state index in [2.05, 4.69) is 85.7 Å². The highest BCUT2D eigenvalue weighted by molar-refractivity contribution is 6.01. The van der Waals surface area contributed by atoms with Gasteiger partial charge in [0.1, 0.15) is 0 Å². The summed E-state index contributed by atoms with van der Waals surface area (Å²) < 4.78 is 0. The molecule has 0 amide bonds. The molecule has 1 fully saturated rings. The lowest BCUT2D eigenvalue weighted by Crippen LogP contribution is -2.34. The summed E-state index contributed by atoms with van der Waals surface area (Å²) in [5.74, 6) is 0. The lowest BCUT2D eigenvalue weighted by Gasteiger charge is -2.30. The smallest absolute Gasteiger partial charge is 0.181 e. The van der Waals surface area contributed by atoms with E-state index in [0.29, 0.717) is 0 Å². The van der Waals surface area contributed by atoms with E-state index < -0.39 is 0 Å². The second-order valence-corrected chi connectivity index (χ2v) is 10.5. The number of nitrogens with zero attached hydrogens (tertiary/aromatic N) is 5. The zero-order chi connectivity index (χ0) is 25.5. The van der Waals surface area contributed by atoms with Crippen LogP contribution in [0.25, 0.3) is 50.0 Å². The Balaban J connectivity index is 1.25. The Hall–Kier alpha value is -4.23. The van der Waals surface area contributed by atoms with E-state index in [1.807, 2.05) is 18.5 Å². The third kappa shape index (κ3) is 4.29. The van der Waals surface area contributed by atoms with Crippen molar-refractivity contribution in [2.45, 2.75) is 19.3 Å². The van der Waals surface area contributed by atoms with E-state index >= 15 is 0 Å². The van der Waals surface area contributed by atoms with E-state index in [0.717, 1.165) is 63.1 Å². The lowest BCUT2D eigenvalue weighted by molar-refractivity contribution is 0.242. The number of allylic oxidation sites excluding steroid dienone is 2. The number of H-pyrrole nitrogens is 2. The molecule has 7 rings (SSSR count). The average Bonchev–Trinajstić information content (AvgIpc) is 3.57. The van der Waals surface area contributed by atoms with Crippen molar-refractivity contribution >= 4 is 27.5 Å². The van der Waals surface area contributed by atoms with Gasteiger partial charge in [-0.3, -0.25) is 15.0 Å². The molecule has 0 unspecified atom stereocenters. The minimum atomic E-state index is 0.720. The molecule has 190 valence electrons. The zero-order valence-corrected chi connectivity index (χ0v) is 21.6. The van der Waals surface area contributed by atoms with Crippen LogP contribution in [-0.4, -0.2) is 68.2 Å². The van der Waals surface area contributed by atoms with Crippen LogP contribution in [0.3, 0.4) is 0 Å². The van der Waals surface area contributed by atoms with Crippen molar-refractivity contribution in [3.63, 3.8) is 0 Å². The number of hydrogen-bond donors (Lipinski definition) is 2. The Morgan fingerprint density at radius 3 is 2.74 bits per heavy atom. The molecule has 0 atom stereocenters. The second-order valence-electron chi connectivity index (χ2n) is 10.5. The van der Waals surface area contributed by atoms with Crippen LogP contribution >= 0.6 is 0 Å². The Kier molecular flexibility index (Phi) is 5.78. The Bertz CT molecular complexity index is 1670. The van der Waals surface area contributed by atoms with Gasteiger partial charge in [0, 0.05) is 72.3 Å². The molecule has 0 radical (unpaired) electrons. The first kappa shape index (κ1) is 22.9. The molecule has 6 heterocycles. The summed E-state index contributed by atoms with van der Waals surface area (Å²) in [6.07, 6.45) is 14.2.